The molecule has 1 aromatic carbocycles. The summed E-state index contributed by atoms with van der Waals surface area (Å²) in [6.45, 7) is 0. The van der Waals surface area contributed by atoms with E-state index in [0.717, 1.165) is 30.5 Å². The topological polar surface area (TPSA) is 69.5 Å². The van der Waals surface area contributed by atoms with Crippen LogP contribution >= 0.6 is 0 Å². The number of aryl methyl sites for hydroxylation is 1. The Kier molecular flexibility index (Phi) is 5.45. The molecule has 2 aromatic heterocycles. The number of hydrogen-bond acceptors (Lipinski definition) is 5. The molecule has 2 aliphatic heterocycles. The summed E-state index contributed by atoms with van der Waals surface area (Å²) in [5, 5.41) is 4.64. The fourth-order valence-electron chi connectivity index (χ4n) is 5.20. The average molecular weight is 472 g/mol. The average Bonchev–Trinajstić information content (AvgIpc) is 3.16. The second-order valence-corrected chi connectivity index (χ2v) is 8.54. The van der Waals surface area contributed by atoms with Gasteiger partial charge in [-0.15, -0.1) is 0 Å². The minimum atomic E-state index is -1.50. The van der Waals surface area contributed by atoms with Gasteiger partial charge in [-0.05, 0) is 37.8 Å². The lowest BCUT2D eigenvalue weighted by Gasteiger charge is -2.45. The summed E-state index contributed by atoms with van der Waals surface area (Å²) in [5.74, 6) is -3.56. The number of carbonyl (C=O) groups excluding carboxylic acids is 1. The Balaban J connectivity index is 1.56. The van der Waals surface area contributed by atoms with Crippen molar-refractivity contribution in [2.75, 3.05) is 14.2 Å². The Morgan fingerprint density at radius 1 is 1.09 bits per heavy atom. The van der Waals surface area contributed by atoms with Gasteiger partial charge < -0.3 is 14.4 Å². The van der Waals surface area contributed by atoms with Crippen LogP contribution in [0.5, 0.6) is 11.6 Å². The molecule has 4 heterocycles. The molecule has 2 atom stereocenters. The monoisotopic (exact) mass is 472 g/mol. The highest BCUT2D eigenvalue weighted by molar-refractivity contribution is 5.95. The van der Waals surface area contributed by atoms with E-state index in [9.17, 15) is 18.0 Å². The maximum Gasteiger partial charge on any atom is 0.256 e. The zero-order chi connectivity index (χ0) is 24.1. The van der Waals surface area contributed by atoms with Crippen LogP contribution < -0.4 is 9.47 Å². The first-order valence-electron chi connectivity index (χ1n) is 10.9. The number of hydrogen-bond donors (Lipinski definition) is 0. The van der Waals surface area contributed by atoms with Gasteiger partial charge in [0.1, 0.15) is 0 Å². The number of fused-ring (bicyclic) bond motifs is 4. The number of rotatable bonds is 4. The zero-order valence-electron chi connectivity index (χ0n) is 18.9. The van der Waals surface area contributed by atoms with E-state index in [1.54, 1.807) is 17.8 Å². The molecular weight excluding hydrogens is 449 g/mol. The highest BCUT2D eigenvalue weighted by atomic mass is 19.2. The summed E-state index contributed by atoms with van der Waals surface area (Å²) in [6, 6.07) is 3.16. The molecular formula is C24H23F3N4O3. The van der Waals surface area contributed by atoms with E-state index in [4.69, 9.17) is 9.47 Å². The van der Waals surface area contributed by atoms with E-state index in [1.165, 1.54) is 20.4 Å². The number of carbonyl (C=O) groups is 1. The van der Waals surface area contributed by atoms with Crippen LogP contribution in [0.25, 0.3) is 11.3 Å². The molecule has 0 saturated carbocycles. The van der Waals surface area contributed by atoms with Gasteiger partial charge in [0.05, 0.1) is 37.2 Å². The van der Waals surface area contributed by atoms with Crippen LogP contribution in [0.15, 0.2) is 24.4 Å². The number of pyridine rings is 1. The van der Waals surface area contributed by atoms with E-state index in [-0.39, 0.29) is 29.4 Å². The normalized spacial score (nSPS) is 19.1. The smallest absolute Gasteiger partial charge is 0.256 e. The van der Waals surface area contributed by atoms with Crippen LogP contribution in [-0.4, -0.2) is 45.8 Å². The lowest BCUT2D eigenvalue weighted by Crippen LogP contribution is -2.49. The fraction of sp³-hybridized carbons (Fsp3) is 0.375. The SMILES string of the molecule is COc1cc(C(=O)N2C3CCC[C@H]2c2nn(C)c(-c4cc(F)c(F)c(F)c4)c2C3)cnc1OC. The molecule has 3 aromatic rings. The minimum Gasteiger partial charge on any atom is -0.491 e. The molecule has 1 fully saturated rings. The molecule has 7 nitrogen and oxygen atoms in total. The zero-order valence-corrected chi connectivity index (χ0v) is 18.9. The van der Waals surface area contributed by atoms with Gasteiger partial charge in [-0.3, -0.25) is 9.48 Å². The first kappa shape index (κ1) is 22.2. The predicted octanol–water partition coefficient (Wildman–Crippen LogP) is 4.21. The van der Waals surface area contributed by atoms with Gasteiger partial charge in [-0.2, -0.15) is 5.10 Å². The Hall–Kier alpha value is -3.56. The third-order valence-electron chi connectivity index (χ3n) is 6.65. The molecule has 0 N–H and O–H groups in total. The molecule has 1 unspecified atom stereocenters. The van der Waals surface area contributed by atoms with Crippen molar-refractivity contribution in [1.29, 1.82) is 0 Å². The van der Waals surface area contributed by atoms with Crippen molar-refractivity contribution < 1.29 is 27.4 Å². The maximum atomic E-state index is 14.0. The lowest BCUT2D eigenvalue weighted by atomic mass is 9.81. The Labute approximate surface area is 194 Å². The summed E-state index contributed by atoms with van der Waals surface area (Å²) in [7, 11) is 4.63. The largest absolute Gasteiger partial charge is 0.491 e. The van der Waals surface area contributed by atoms with Gasteiger partial charge in [0.2, 0.25) is 0 Å². The minimum absolute atomic E-state index is 0.120. The molecule has 2 aliphatic rings. The number of halogens is 3. The van der Waals surface area contributed by atoms with Crippen molar-refractivity contribution in [1.82, 2.24) is 19.7 Å². The highest BCUT2D eigenvalue weighted by Gasteiger charge is 2.43. The van der Waals surface area contributed by atoms with Crippen LogP contribution in [0.1, 0.15) is 46.9 Å². The Bertz CT molecular complexity index is 1270. The second-order valence-electron chi connectivity index (χ2n) is 8.54. The summed E-state index contributed by atoms with van der Waals surface area (Å²) < 4.78 is 53.5. The van der Waals surface area contributed by atoms with E-state index >= 15 is 0 Å². The molecule has 0 aliphatic carbocycles. The second kappa shape index (κ2) is 8.34. The van der Waals surface area contributed by atoms with Gasteiger partial charge in [-0.1, -0.05) is 0 Å². The quantitative estimate of drug-likeness (QED) is 0.532. The van der Waals surface area contributed by atoms with Crippen molar-refractivity contribution in [2.24, 2.45) is 7.05 Å². The van der Waals surface area contributed by atoms with Gasteiger partial charge >= 0.3 is 0 Å². The molecule has 0 radical (unpaired) electrons. The molecule has 1 saturated heterocycles. The van der Waals surface area contributed by atoms with E-state index in [1.807, 2.05) is 4.90 Å². The summed E-state index contributed by atoms with van der Waals surface area (Å²) >= 11 is 0. The number of amides is 1. The van der Waals surface area contributed by atoms with Crippen molar-refractivity contribution >= 4 is 5.91 Å². The number of ether oxygens (including phenoxy) is 2. The lowest BCUT2D eigenvalue weighted by molar-refractivity contribution is 0.0391. The van der Waals surface area contributed by atoms with E-state index in [0.29, 0.717) is 35.5 Å². The number of benzene rings is 1. The predicted molar refractivity (Wildman–Crippen MR) is 116 cm³/mol. The number of methoxy groups -OCH3 is 2. The third-order valence-corrected chi connectivity index (χ3v) is 6.65. The first-order valence-corrected chi connectivity index (χ1v) is 10.9. The number of piperidine rings is 1. The van der Waals surface area contributed by atoms with Crippen molar-refractivity contribution in [3.05, 3.63) is 58.7 Å². The van der Waals surface area contributed by atoms with Crippen LogP contribution in [-0.2, 0) is 13.5 Å². The molecule has 2 bridgehead atoms. The third kappa shape index (κ3) is 3.39. The van der Waals surface area contributed by atoms with Crippen molar-refractivity contribution in [3.63, 3.8) is 0 Å². The number of nitrogens with zero attached hydrogens (tertiary/aromatic N) is 4. The van der Waals surface area contributed by atoms with Crippen LogP contribution in [0.2, 0.25) is 0 Å². The van der Waals surface area contributed by atoms with Gasteiger partial charge in [0.15, 0.2) is 23.2 Å². The molecule has 0 spiro atoms. The molecule has 34 heavy (non-hydrogen) atoms. The van der Waals surface area contributed by atoms with Crippen LogP contribution in [0, 0.1) is 17.5 Å². The Morgan fingerprint density at radius 3 is 2.50 bits per heavy atom. The molecule has 1 amide bonds. The first-order chi connectivity index (χ1) is 16.3. The summed E-state index contributed by atoms with van der Waals surface area (Å²) in [6.07, 6.45) is 4.35. The molecule has 178 valence electrons. The summed E-state index contributed by atoms with van der Waals surface area (Å²) in [4.78, 5) is 19.6. The fourth-order valence-corrected chi connectivity index (χ4v) is 5.20. The van der Waals surface area contributed by atoms with Crippen molar-refractivity contribution in [2.45, 2.75) is 37.8 Å². The highest BCUT2D eigenvalue weighted by Crippen LogP contribution is 2.45. The van der Waals surface area contributed by atoms with Crippen molar-refractivity contribution in [3.8, 4) is 22.9 Å². The maximum absolute atomic E-state index is 14.0. The van der Waals surface area contributed by atoms with Crippen LogP contribution in [0.4, 0.5) is 13.2 Å². The van der Waals surface area contributed by atoms with Gasteiger partial charge in [0.25, 0.3) is 11.8 Å². The Morgan fingerprint density at radius 2 is 1.82 bits per heavy atom. The van der Waals surface area contributed by atoms with E-state index < -0.39 is 17.5 Å². The molecule has 10 heteroatoms. The van der Waals surface area contributed by atoms with Gasteiger partial charge in [0, 0.05) is 36.5 Å². The van der Waals surface area contributed by atoms with Gasteiger partial charge in [-0.25, -0.2) is 18.2 Å². The standard InChI is InChI=1S/C24H23F3N4O3/c1-30-22(12-7-16(25)20(27)17(26)8-12)15-10-14-5-4-6-18(21(15)29-30)31(14)24(32)13-9-19(33-2)23(34-3)28-11-13/h7-9,11,14,18H,4-6,10H2,1-3H3/t14?,18-/m0/s1. The van der Waals surface area contributed by atoms with E-state index in [2.05, 4.69) is 10.1 Å². The molecule has 5 rings (SSSR count). The summed E-state index contributed by atoms with van der Waals surface area (Å²) in [5.41, 5.74) is 2.65. The number of aromatic nitrogens is 3. The van der Waals surface area contributed by atoms with Crippen LogP contribution in [0.3, 0.4) is 0 Å².